The number of carbonyl (C=O) groups is 1. The van der Waals surface area contributed by atoms with Crippen molar-refractivity contribution in [2.45, 2.75) is 26.7 Å². The highest BCUT2D eigenvalue weighted by Gasteiger charge is 2.13. The predicted octanol–water partition coefficient (Wildman–Crippen LogP) is 3.48. The Balaban J connectivity index is 2.24. The van der Waals surface area contributed by atoms with Gasteiger partial charge in [0.25, 0.3) is 0 Å². The number of ether oxygens (including phenoxy) is 1. The first kappa shape index (κ1) is 15.4. The first-order valence-corrected chi connectivity index (χ1v) is 6.85. The van der Waals surface area contributed by atoms with Gasteiger partial charge in [-0.2, -0.15) is 9.97 Å². The van der Waals surface area contributed by atoms with Crippen LogP contribution in [-0.2, 0) is 11.2 Å². The number of hydrogen-bond acceptors (Lipinski definition) is 4. The molecule has 0 atom stereocenters. The number of aromatic nitrogens is 2. The molecule has 0 saturated heterocycles. The lowest BCUT2D eigenvalue weighted by Gasteiger charge is -2.09. The van der Waals surface area contributed by atoms with Crippen LogP contribution in [0.15, 0.2) is 24.3 Å². The molecule has 0 saturated carbocycles. The fourth-order valence-electron chi connectivity index (χ4n) is 1.76. The second-order valence-corrected chi connectivity index (χ2v) is 4.85. The van der Waals surface area contributed by atoms with Crippen LogP contribution in [-0.4, -0.2) is 15.9 Å². The summed E-state index contributed by atoms with van der Waals surface area (Å²) in [4.78, 5) is 19.3. The molecule has 0 N–H and O–H groups in total. The van der Waals surface area contributed by atoms with Gasteiger partial charge in [-0.1, -0.05) is 30.7 Å². The Hall–Kier alpha value is -2.01. The molecule has 0 unspecified atom stereocenters. The van der Waals surface area contributed by atoms with E-state index in [1.54, 1.807) is 26.0 Å². The van der Waals surface area contributed by atoms with E-state index >= 15 is 0 Å². The largest absolute Gasteiger partial charge is 0.391 e. The SMILES string of the molecule is CCC(=O)Oc1nc(C)c(Cc2ccc(F)cc2)c(Cl)n1. The quantitative estimate of drug-likeness (QED) is 0.641. The number of rotatable bonds is 4. The highest BCUT2D eigenvalue weighted by atomic mass is 35.5. The number of benzene rings is 1. The van der Waals surface area contributed by atoms with E-state index in [1.165, 1.54) is 12.1 Å². The van der Waals surface area contributed by atoms with Crippen molar-refractivity contribution in [2.24, 2.45) is 0 Å². The second kappa shape index (κ2) is 6.63. The molecular formula is C15H14ClFN2O2. The summed E-state index contributed by atoms with van der Waals surface area (Å²) in [5.74, 6) is -0.712. The van der Waals surface area contributed by atoms with Crippen molar-refractivity contribution in [1.29, 1.82) is 0 Å². The van der Waals surface area contributed by atoms with Crippen LogP contribution in [0.1, 0.15) is 30.2 Å². The summed E-state index contributed by atoms with van der Waals surface area (Å²) in [5.41, 5.74) is 2.24. The number of hydrogen-bond donors (Lipinski definition) is 0. The van der Waals surface area contributed by atoms with Gasteiger partial charge >= 0.3 is 12.0 Å². The summed E-state index contributed by atoms with van der Waals surface area (Å²) in [5, 5.41) is 0.228. The lowest BCUT2D eigenvalue weighted by atomic mass is 10.1. The zero-order chi connectivity index (χ0) is 15.4. The third kappa shape index (κ3) is 3.98. The molecule has 0 aliphatic heterocycles. The summed E-state index contributed by atoms with van der Waals surface area (Å²) < 4.78 is 17.8. The standard InChI is InChI=1S/C15H14ClFN2O2/c1-3-13(20)21-15-18-9(2)12(14(16)19-15)8-10-4-6-11(17)7-5-10/h4-7H,3,8H2,1-2H3. The van der Waals surface area contributed by atoms with Crippen molar-refractivity contribution >= 4 is 17.6 Å². The molecule has 0 fully saturated rings. The molecule has 2 aromatic rings. The molecule has 110 valence electrons. The summed E-state index contributed by atoms with van der Waals surface area (Å²) in [6, 6.07) is 6.08. The fourth-order valence-corrected chi connectivity index (χ4v) is 2.04. The monoisotopic (exact) mass is 308 g/mol. The van der Waals surface area contributed by atoms with Gasteiger partial charge in [0.1, 0.15) is 11.0 Å². The van der Waals surface area contributed by atoms with Crippen LogP contribution in [0, 0.1) is 12.7 Å². The topological polar surface area (TPSA) is 52.1 Å². The van der Waals surface area contributed by atoms with Crippen molar-refractivity contribution in [1.82, 2.24) is 9.97 Å². The number of aryl methyl sites for hydroxylation is 1. The van der Waals surface area contributed by atoms with Crippen LogP contribution in [0.4, 0.5) is 4.39 Å². The van der Waals surface area contributed by atoms with Gasteiger partial charge in [0, 0.05) is 24.1 Å². The first-order valence-electron chi connectivity index (χ1n) is 6.47. The zero-order valence-electron chi connectivity index (χ0n) is 11.7. The number of esters is 1. The average Bonchev–Trinajstić information content (AvgIpc) is 2.44. The maximum Gasteiger partial charge on any atom is 0.325 e. The van der Waals surface area contributed by atoms with Gasteiger partial charge in [-0.05, 0) is 24.6 Å². The smallest absolute Gasteiger partial charge is 0.325 e. The molecule has 0 amide bonds. The van der Waals surface area contributed by atoms with E-state index in [9.17, 15) is 9.18 Å². The van der Waals surface area contributed by atoms with Crippen molar-refractivity contribution in [3.63, 3.8) is 0 Å². The zero-order valence-corrected chi connectivity index (χ0v) is 12.4. The van der Waals surface area contributed by atoms with Crippen LogP contribution >= 0.6 is 11.6 Å². The first-order chi connectivity index (χ1) is 9.99. The van der Waals surface area contributed by atoms with Gasteiger partial charge in [0.2, 0.25) is 0 Å². The normalized spacial score (nSPS) is 10.5. The van der Waals surface area contributed by atoms with Crippen LogP contribution in [0.2, 0.25) is 5.15 Å². The van der Waals surface area contributed by atoms with Gasteiger partial charge in [-0.15, -0.1) is 0 Å². The Morgan fingerprint density at radius 3 is 2.52 bits per heavy atom. The molecule has 0 bridgehead atoms. The van der Waals surface area contributed by atoms with Crippen molar-refractivity contribution in [3.8, 4) is 6.01 Å². The van der Waals surface area contributed by atoms with E-state index in [4.69, 9.17) is 16.3 Å². The number of halogens is 2. The predicted molar refractivity (Wildman–Crippen MR) is 76.9 cm³/mol. The lowest BCUT2D eigenvalue weighted by molar-refractivity contribution is -0.134. The summed E-state index contributed by atoms with van der Waals surface area (Å²) in [6.07, 6.45) is 0.713. The summed E-state index contributed by atoms with van der Waals surface area (Å²) in [7, 11) is 0. The molecule has 2 rings (SSSR count). The molecule has 6 heteroatoms. The van der Waals surface area contributed by atoms with Crippen LogP contribution in [0.5, 0.6) is 6.01 Å². The van der Waals surface area contributed by atoms with Gasteiger partial charge in [-0.25, -0.2) is 4.39 Å². The maximum atomic E-state index is 12.9. The Labute approximate surface area is 126 Å². The highest BCUT2D eigenvalue weighted by molar-refractivity contribution is 6.30. The van der Waals surface area contributed by atoms with Gasteiger partial charge in [-0.3, -0.25) is 4.79 Å². The molecule has 1 aromatic carbocycles. The van der Waals surface area contributed by atoms with Crippen LogP contribution in [0.25, 0.3) is 0 Å². The van der Waals surface area contributed by atoms with E-state index in [2.05, 4.69) is 9.97 Å². The minimum Gasteiger partial charge on any atom is -0.391 e. The number of nitrogens with zero attached hydrogens (tertiary/aromatic N) is 2. The third-order valence-corrected chi connectivity index (χ3v) is 3.24. The Kier molecular flexibility index (Phi) is 4.85. The van der Waals surface area contributed by atoms with E-state index in [1.807, 2.05) is 0 Å². The van der Waals surface area contributed by atoms with Crippen molar-refractivity contribution in [2.75, 3.05) is 0 Å². The molecule has 1 heterocycles. The van der Waals surface area contributed by atoms with Crippen molar-refractivity contribution in [3.05, 3.63) is 52.1 Å². The minimum atomic E-state index is -0.420. The molecule has 0 aliphatic carbocycles. The summed E-state index contributed by atoms with van der Waals surface area (Å²) >= 11 is 6.13. The summed E-state index contributed by atoms with van der Waals surface area (Å²) in [6.45, 7) is 3.44. The average molecular weight is 309 g/mol. The molecule has 0 spiro atoms. The molecule has 0 aliphatic rings. The second-order valence-electron chi connectivity index (χ2n) is 4.49. The van der Waals surface area contributed by atoms with Gasteiger partial charge in [0.15, 0.2) is 0 Å². The molecule has 0 radical (unpaired) electrons. The minimum absolute atomic E-state index is 0.0489. The van der Waals surface area contributed by atoms with Gasteiger partial charge < -0.3 is 4.74 Å². The number of carbonyl (C=O) groups excluding carboxylic acids is 1. The van der Waals surface area contributed by atoms with Crippen LogP contribution < -0.4 is 4.74 Å². The van der Waals surface area contributed by atoms with Crippen molar-refractivity contribution < 1.29 is 13.9 Å². The molecule has 21 heavy (non-hydrogen) atoms. The Bertz CT molecular complexity index is 636. The van der Waals surface area contributed by atoms with E-state index < -0.39 is 5.97 Å². The Morgan fingerprint density at radius 2 is 1.95 bits per heavy atom. The third-order valence-electron chi connectivity index (χ3n) is 2.93. The van der Waals surface area contributed by atoms with E-state index in [-0.39, 0.29) is 23.4 Å². The fraction of sp³-hybridized carbons (Fsp3) is 0.267. The molecular weight excluding hydrogens is 295 g/mol. The maximum absolute atomic E-state index is 12.9. The van der Waals surface area contributed by atoms with E-state index in [0.29, 0.717) is 12.1 Å². The molecule has 4 nitrogen and oxygen atoms in total. The highest BCUT2D eigenvalue weighted by Crippen LogP contribution is 2.22. The van der Waals surface area contributed by atoms with E-state index in [0.717, 1.165) is 11.1 Å². The Morgan fingerprint density at radius 1 is 1.29 bits per heavy atom. The molecule has 1 aromatic heterocycles. The van der Waals surface area contributed by atoms with Crippen LogP contribution in [0.3, 0.4) is 0 Å². The lowest BCUT2D eigenvalue weighted by Crippen LogP contribution is -2.10. The van der Waals surface area contributed by atoms with Gasteiger partial charge in [0.05, 0.1) is 0 Å².